The fraction of sp³-hybridized carbons (Fsp3) is 0.609. The molecule has 4 nitrogen and oxygen atoms in total. The van der Waals surface area contributed by atoms with E-state index in [1.165, 1.54) is 31.4 Å². The van der Waals surface area contributed by atoms with E-state index in [9.17, 15) is 18.0 Å². The minimum atomic E-state index is -4.41. The summed E-state index contributed by atoms with van der Waals surface area (Å²) in [6, 6.07) is 4.23. The fourth-order valence-corrected chi connectivity index (χ4v) is 4.06. The Morgan fingerprint density at radius 3 is 2.33 bits per heavy atom. The number of amides is 1. The van der Waals surface area contributed by atoms with Gasteiger partial charge in [-0.1, -0.05) is 18.3 Å². The predicted molar refractivity (Wildman–Crippen MR) is 109 cm³/mol. The topological polar surface area (TPSA) is 32.8 Å². The lowest BCUT2D eigenvalue weighted by atomic mass is 9.86. The van der Waals surface area contributed by atoms with Gasteiger partial charge in [0, 0.05) is 19.0 Å². The van der Waals surface area contributed by atoms with Crippen molar-refractivity contribution in [2.24, 2.45) is 5.92 Å². The Kier molecular flexibility index (Phi) is 7.65. The summed E-state index contributed by atoms with van der Waals surface area (Å²) >= 11 is 0. The first kappa shape index (κ1) is 22.5. The van der Waals surface area contributed by atoms with Crippen molar-refractivity contribution in [3.05, 3.63) is 29.8 Å². The van der Waals surface area contributed by atoms with Gasteiger partial charge in [-0.2, -0.15) is 13.2 Å². The first-order valence-electron chi connectivity index (χ1n) is 10.7. The van der Waals surface area contributed by atoms with Crippen LogP contribution in [0.5, 0.6) is 5.75 Å². The summed E-state index contributed by atoms with van der Waals surface area (Å²) in [5, 5.41) is 0. The molecule has 1 aromatic carbocycles. The van der Waals surface area contributed by atoms with Crippen LogP contribution in [0, 0.1) is 17.8 Å². The maximum absolute atomic E-state index is 12.6. The standard InChI is InChI=1S/C23H29F3N2O2/c1-27(22(29)30-21-13-9-19(10-14-21)23(24,25)26)20-11-7-18(8-12-20)6-5-17-28-15-3-2-4-16-28/h9-10,13-14,18,20H,2-4,7-8,11-12,15-17H2,1H3/t18-,20-. The first-order chi connectivity index (χ1) is 14.3. The molecule has 0 N–H and O–H groups in total. The largest absolute Gasteiger partial charge is 0.416 e. The van der Waals surface area contributed by atoms with Crippen LogP contribution in [-0.2, 0) is 6.18 Å². The normalized spacial score (nSPS) is 22.7. The minimum absolute atomic E-state index is 0.0621. The van der Waals surface area contributed by atoms with Crippen LogP contribution in [0.1, 0.15) is 50.5 Å². The highest BCUT2D eigenvalue weighted by atomic mass is 19.4. The molecule has 1 aromatic rings. The Hall–Kier alpha value is -2.20. The zero-order chi connectivity index (χ0) is 21.6. The summed E-state index contributed by atoms with van der Waals surface area (Å²) in [5.41, 5.74) is -0.768. The number of benzene rings is 1. The van der Waals surface area contributed by atoms with E-state index < -0.39 is 17.8 Å². The molecule has 1 saturated carbocycles. The van der Waals surface area contributed by atoms with E-state index in [0.29, 0.717) is 5.92 Å². The fourth-order valence-electron chi connectivity index (χ4n) is 4.06. The van der Waals surface area contributed by atoms with Gasteiger partial charge < -0.3 is 9.64 Å². The molecule has 1 heterocycles. The molecule has 0 radical (unpaired) electrons. The summed E-state index contributed by atoms with van der Waals surface area (Å²) in [7, 11) is 1.68. The van der Waals surface area contributed by atoms with Gasteiger partial charge in [0.15, 0.2) is 0 Å². The molecule has 30 heavy (non-hydrogen) atoms. The van der Waals surface area contributed by atoms with Crippen molar-refractivity contribution in [1.29, 1.82) is 0 Å². The smallest absolute Gasteiger partial charge is 0.410 e. The average molecular weight is 422 g/mol. The summed E-state index contributed by atoms with van der Waals surface area (Å²) in [6.07, 6.45) is 2.48. The number of rotatable bonds is 3. The molecule has 1 aliphatic heterocycles. The van der Waals surface area contributed by atoms with Crippen molar-refractivity contribution in [1.82, 2.24) is 9.80 Å². The summed E-state index contributed by atoms with van der Waals surface area (Å²) in [5.74, 6) is 7.20. The second kappa shape index (κ2) is 10.2. The Morgan fingerprint density at radius 2 is 1.73 bits per heavy atom. The lowest BCUT2D eigenvalue weighted by Gasteiger charge is -2.32. The number of ether oxygens (including phenoxy) is 1. The number of hydrogen-bond donors (Lipinski definition) is 0. The molecule has 2 aliphatic rings. The van der Waals surface area contributed by atoms with Crippen molar-refractivity contribution >= 4 is 6.09 Å². The average Bonchev–Trinajstić information content (AvgIpc) is 2.74. The van der Waals surface area contributed by atoms with Gasteiger partial charge in [0.2, 0.25) is 0 Å². The lowest BCUT2D eigenvalue weighted by molar-refractivity contribution is -0.137. The van der Waals surface area contributed by atoms with Gasteiger partial charge in [0.05, 0.1) is 12.1 Å². The van der Waals surface area contributed by atoms with Gasteiger partial charge in [-0.15, -0.1) is 0 Å². The zero-order valence-electron chi connectivity index (χ0n) is 17.4. The van der Waals surface area contributed by atoms with E-state index >= 15 is 0 Å². The molecule has 164 valence electrons. The van der Waals surface area contributed by atoms with E-state index in [-0.39, 0.29) is 11.8 Å². The molecule has 2 fully saturated rings. The van der Waals surface area contributed by atoms with Crippen LogP contribution < -0.4 is 4.74 Å². The van der Waals surface area contributed by atoms with Crippen LogP contribution in [-0.4, -0.2) is 48.6 Å². The van der Waals surface area contributed by atoms with E-state index in [1.807, 2.05) is 0 Å². The lowest BCUT2D eigenvalue weighted by Crippen LogP contribution is -2.41. The molecule has 1 saturated heterocycles. The number of alkyl halides is 3. The Bertz CT molecular complexity index is 753. The number of likely N-dealkylation sites (tertiary alicyclic amines) is 1. The van der Waals surface area contributed by atoms with Gasteiger partial charge in [0.25, 0.3) is 0 Å². The zero-order valence-corrected chi connectivity index (χ0v) is 17.4. The van der Waals surface area contributed by atoms with Crippen molar-refractivity contribution in [3.8, 4) is 17.6 Å². The summed E-state index contributed by atoms with van der Waals surface area (Å²) < 4.78 is 43.1. The third-order valence-corrected chi connectivity index (χ3v) is 5.98. The molecule has 0 spiro atoms. The number of nitrogens with zero attached hydrogens (tertiary/aromatic N) is 2. The highest BCUT2D eigenvalue weighted by molar-refractivity contribution is 5.70. The maximum atomic E-state index is 12.6. The Balaban J connectivity index is 1.43. The Labute approximate surface area is 176 Å². The molecule has 0 aromatic heterocycles. The summed E-state index contributed by atoms with van der Waals surface area (Å²) in [4.78, 5) is 16.3. The minimum Gasteiger partial charge on any atom is -0.410 e. The second-order valence-electron chi connectivity index (χ2n) is 8.16. The molecule has 1 aliphatic carbocycles. The quantitative estimate of drug-likeness (QED) is 0.629. The molecular weight excluding hydrogens is 393 g/mol. The molecule has 3 rings (SSSR count). The number of carbonyl (C=O) groups excluding carboxylic acids is 1. The van der Waals surface area contributed by atoms with E-state index in [1.54, 1.807) is 11.9 Å². The predicted octanol–water partition coefficient (Wildman–Crippen LogP) is 5.18. The Morgan fingerprint density at radius 1 is 1.10 bits per heavy atom. The van der Waals surface area contributed by atoms with Crippen LogP contribution in [0.3, 0.4) is 0 Å². The molecular formula is C23H29F3N2O2. The number of piperidine rings is 1. The third kappa shape index (κ3) is 6.40. The van der Waals surface area contributed by atoms with E-state index in [4.69, 9.17) is 4.74 Å². The van der Waals surface area contributed by atoms with Gasteiger partial charge in [0.1, 0.15) is 5.75 Å². The van der Waals surface area contributed by atoms with E-state index in [2.05, 4.69) is 16.7 Å². The van der Waals surface area contributed by atoms with Crippen molar-refractivity contribution in [3.63, 3.8) is 0 Å². The van der Waals surface area contributed by atoms with Gasteiger partial charge in [-0.05, 0) is 75.9 Å². The second-order valence-corrected chi connectivity index (χ2v) is 8.16. The molecule has 0 atom stereocenters. The first-order valence-corrected chi connectivity index (χ1v) is 10.7. The highest BCUT2D eigenvalue weighted by Gasteiger charge is 2.30. The molecule has 0 unspecified atom stereocenters. The maximum Gasteiger partial charge on any atom is 0.416 e. The SMILES string of the molecule is CN(C(=O)Oc1ccc(C(F)(F)F)cc1)[C@H]1CC[C@H](C#CCN2CCCCC2)CC1. The van der Waals surface area contributed by atoms with Crippen molar-refractivity contribution < 1.29 is 22.7 Å². The van der Waals surface area contributed by atoms with Crippen LogP contribution in [0.15, 0.2) is 24.3 Å². The molecule has 1 amide bonds. The van der Waals surface area contributed by atoms with Gasteiger partial charge >= 0.3 is 12.3 Å². The van der Waals surface area contributed by atoms with Crippen molar-refractivity contribution in [2.45, 2.75) is 57.2 Å². The number of carbonyl (C=O) groups is 1. The third-order valence-electron chi connectivity index (χ3n) is 5.98. The van der Waals surface area contributed by atoms with Crippen LogP contribution in [0.4, 0.5) is 18.0 Å². The monoisotopic (exact) mass is 422 g/mol. The van der Waals surface area contributed by atoms with Crippen LogP contribution in [0.25, 0.3) is 0 Å². The van der Waals surface area contributed by atoms with E-state index in [0.717, 1.165) is 57.5 Å². The molecule has 7 heteroatoms. The van der Waals surface area contributed by atoms with Crippen LogP contribution >= 0.6 is 0 Å². The van der Waals surface area contributed by atoms with Crippen LogP contribution in [0.2, 0.25) is 0 Å². The highest BCUT2D eigenvalue weighted by Crippen LogP contribution is 2.31. The number of hydrogen-bond acceptors (Lipinski definition) is 3. The van der Waals surface area contributed by atoms with Gasteiger partial charge in [-0.3, -0.25) is 4.90 Å². The molecule has 0 bridgehead atoms. The number of halogens is 3. The van der Waals surface area contributed by atoms with Crippen molar-refractivity contribution in [2.75, 3.05) is 26.7 Å². The van der Waals surface area contributed by atoms with Gasteiger partial charge in [-0.25, -0.2) is 4.79 Å². The summed E-state index contributed by atoms with van der Waals surface area (Å²) in [6.45, 7) is 3.14.